The summed E-state index contributed by atoms with van der Waals surface area (Å²) < 4.78 is 0. The van der Waals surface area contributed by atoms with Crippen molar-refractivity contribution in [1.29, 1.82) is 0 Å². The van der Waals surface area contributed by atoms with Gasteiger partial charge in [0.1, 0.15) is 0 Å². The molecule has 5 N–H and O–H groups in total. The van der Waals surface area contributed by atoms with Gasteiger partial charge in [-0.05, 0) is 7.05 Å². The minimum atomic E-state index is -0.581. The second kappa shape index (κ2) is 7.14. The molecule has 0 aliphatic carbocycles. The second-order valence-corrected chi connectivity index (χ2v) is 3.04. The summed E-state index contributed by atoms with van der Waals surface area (Å²) >= 11 is 0. The van der Waals surface area contributed by atoms with Crippen LogP contribution in [0.3, 0.4) is 0 Å². The van der Waals surface area contributed by atoms with Crippen molar-refractivity contribution in [3.63, 3.8) is 0 Å². The zero-order chi connectivity index (χ0) is 11.0. The Hall–Kier alpha value is -1.30. The number of nitrogens with one attached hydrogen (secondary N) is 3. The molecule has 0 aromatic carbocycles. The van der Waals surface area contributed by atoms with E-state index in [1.54, 1.807) is 7.05 Å². The average Bonchev–Trinajstić information content (AvgIpc) is 2.12. The molecule has 1 atom stereocenters. The zero-order valence-electron chi connectivity index (χ0n) is 8.59. The largest absolute Gasteiger partial charge is 0.354 e. The third-order valence-corrected chi connectivity index (χ3v) is 1.68. The first kappa shape index (κ1) is 12.7. The SMILES string of the molecule is CNCC(C)C(=O)NCCNC(N)=O. The van der Waals surface area contributed by atoms with Crippen LogP contribution in [0.2, 0.25) is 0 Å². The summed E-state index contributed by atoms with van der Waals surface area (Å²) in [7, 11) is 1.79. The predicted octanol–water partition coefficient (Wildman–Crippen LogP) is -1.37. The Bertz CT molecular complexity index is 196. The van der Waals surface area contributed by atoms with E-state index in [-0.39, 0.29) is 11.8 Å². The van der Waals surface area contributed by atoms with Crippen LogP contribution in [0.4, 0.5) is 4.79 Å². The van der Waals surface area contributed by atoms with Crippen molar-refractivity contribution in [2.45, 2.75) is 6.92 Å². The van der Waals surface area contributed by atoms with Crippen molar-refractivity contribution in [1.82, 2.24) is 16.0 Å². The molecule has 0 aliphatic rings. The smallest absolute Gasteiger partial charge is 0.312 e. The van der Waals surface area contributed by atoms with Crippen LogP contribution in [-0.2, 0) is 4.79 Å². The fraction of sp³-hybridized carbons (Fsp3) is 0.750. The first-order chi connectivity index (χ1) is 6.57. The molecule has 0 aromatic rings. The molecule has 0 rings (SSSR count). The molecule has 0 saturated heterocycles. The maximum Gasteiger partial charge on any atom is 0.312 e. The third kappa shape index (κ3) is 6.24. The maximum atomic E-state index is 11.3. The van der Waals surface area contributed by atoms with Crippen molar-refractivity contribution in [3.8, 4) is 0 Å². The molecule has 0 aliphatic heterocycles. The van der Waals surface area contributed by atoms with Crippen molar-refractivity contribution < 1.29 is 9.59 Å². The highest BCUT2D eigenvalue weighted by molar-refractivity contribution is 5.78. The fourth-order valence-electron chi connectivity index (χ4n) is 0.945. The Morgan fingerprint density at radius 3 is 2.36 bits per heavy atom. The number of carbonyl (C=O) groups excluding carboxylic acids is 2. The number of rotatable bonds is 6. The summed E-state index contributed by atoms with van der Waals surface area (Å²) in [6.45, 7) is 3.21. The molecular weight excluding hydrogens is 184 g/mol. The first-order valence-corrected chi connectivity index (χ1v) is 4.53. The van der Waals surface area contributed by atoms with E-state index in [1.165, 1.54) is 0 Å². The molecule has 0 bridgehead atoms. The van der Waals surface area contributed by atoms with E-state index >= 15 is 0 Å². The molecule has 6 heteroatoms. The molecule has 0 saturated carbocycles. The molecule has 0 spiro atoms. The number of hydrogen-bond donors (Lipinski definition) is 4. The van der Waals surface area contributed by atoms with Gasteiger partial charge >= 0.3 is 6.03 Å². The number of hydrogen-bond acceptors (Lipinski definition) is 3. The second-order valence-electron chi connectivity index (χ2n) is 3.04. The molecule has 0 heterocycles. The van der Waals surface area contributed by atoms with Gasteiger partial charge in [0.05, 0.1) is 0 Å². The van der Waals surface area contributed by atoms with Gasteiger partial charge in [-0.25, -0.2) is 4.79 Å². The van der Waals surface area contributed by atoms with Crippen LogP contribution in [0.25, 0.3) is 0 Å². The lowest BCUT2D eigenvalue weighted by Crippen LogP contribution is -2.40. The van der Waals surface area contributed by atoms with Gasteiger partial charge in [-0.15, -0.1) is 0 Å². The summed E-state index contributed by atoms with van der Waals surface area (Å²) in [4.78, 5) is 21.6. The van der Waals surface area contributed by atoms with E-state index < -0.39 is 6.03 Å². The molecule has 6 nitrogen and oxygen atoms in total. The molecule has 0 radical (unpaired) electrons. The van der Waals surface area contributed by atoms with Crippen LogP contribution in [-0.4, -0.2) is 38.6 Å². The normalized spacial score (nSPS) is 11.9. The molecule has 1 unspecified atom stereocenters. The summed E-state index contributed by atoms with van der Waals surface area (Å²) in [5, 5.41) is 7.96. The quantitative estimate of drug-likeness (QED) is 0.400. The maximum absolute atomic E-state index is 11.3. The minimum absolute atomic E-state index is 0.0365. The molecule has 82 valence electrons. The lowest BCUT2D eigenvalue weighted by Gasteiger charge is -2.11. The van der Waals surface area contributed by atoms with Crippen LogP contribution in [0, 0.1) is 5.92 Å². The summed E-state index contributed by atoms with van der Waals surface area (Å²) in [6.07, 6.45) is 0. The topological polar surface area (TPSA) is 96.2 Å². The lowest BCUT2D eigenvalue weighted by atomic mass is 10.1. The van der Waals surface area contributed by atoms with Crippen molar-refractivity contribution >= 4 is 11.9 Å². The van der Waals surface area contributed by atoms with Gasteiger partial charge in [0.15, 0.2) is 0 Å². The van der Waals surface area contributed by atoms with Crippen molar-refractivity contribution in [3.05, 3.63) is 0 Å². The Balaban J connectivity index is 3.48. The summed E-state index contributed by atoms with van der Waals surface area (Å²) in [5.74, 6) is -0.112. The summed E-state index contributed by atoms with van der Waals surface area (Å²) in [6, 6.07) is -0.581. The van der Waals surface area contributed by atoms with E-state index in [2.05, 4.69) is 16.0 Å². The minimum Gasteiger partial charge on any atom is -0.354 e. The first-order valence-electron chi connectivity index (χ1n) is 4.53. The Morgan fingerprint density at radius 2 is 1.86 bits per heavy atom. The Labute approximate surface area is 83.6 Å². The van der Waals surface area contributed by atoms with Gasteiger partial charge in [-0.2, -0.15) is 0 Å². The van der Waals surface area contributed by atoms with Gasteiger partial charge in [0.2, 0.25) is 5.91 Å². The Morgan fingerprint density at radius 1 is 1.29 bits per heavy atom. The Kier molecular flexibility index (Phi) is 6.47. The van der Waals surface area contributed by atoms with E-state index in [9.17, 15) is 9.59 Å². The monoisotopic (exact) mass is 202 g/mol. The zero-order valence-corrected chi connectivity index (χ0v) is 8.59. The van der Waals surface area contributed by atoms with E-state index in [1.807, 2.05) is 6.92 Å². The van der Waals surface area contributed by atoms with Gasteiger partial charge < -0.3 is 21.7 Å². The van der Waals surface area contributed by atoms with Crippen LogP contribution < -0.4 is 21.7 Å². The lowest BCUT2D eigenvalue weighted by molar-refractivity contribution is -0.124. The molecular formula is C8H18N4O2. The van der Waals surface area contributed by atoms with Crippen molar-refractivity contribution in [2.24, 2.45) is 11.7 Å². The predicted molar refractivity (Wildman–Crippen MR) is 53.7 cm³/mol. The van der Waals surface area contributed by atoms with Gasteiger partial charge in [0.25, 0.3) is 0 Å². The highest BCUT2D eigenvalue weighted by Crippen LogP contribution is 1.90. The molecule has 3 amide bonds. The number of carbonyl (C=O) groups is 2. The van der Waals surface area contributed by atoms with Gasteiger partial charge in [-0.1, -0.05) is 6.92 Å². The number of amides is 3. The van der Waals surface area contributed by atoms with Gasteiger partial charge in [0, 0.05) is 25.6 Å². The van der Waals surface area contributed by atoms with Crippen LogP contribution in [0.1, 0.15) is 6.92 Å². The average molecular weight is 202 g/mol. The van der Waals surface area contributed by atoms with Crippen molar-refractivity contribution in [2.75, 3.05) is 26.7 Å². The van der Waals surface area contributed by atoms with Crippen LogP contribution in [0.5, 0.6) is 0 Å². The number of primary amides is 1. The van der Waals surface area contributed by atoms with Crippen LogP contribution >= 0.6 is 0 Å². The molecule has 14 heavy (non-hydrogen) atoms. The number of urea groups is 1. The van der Waals surface area contributed by atoms with E-state index in [4.69, 9.17) is 5.73 Å². The number of nitrogens with two attached hydrogens (primary N) is 1. The third-order valence-electron chi connectivity index (χ3n) is 1.68. The van der Waals surface area contributed by atoms with E-state index in [0.717, 1.165) is 0 Å². The molecule has 0 fully saturated rings. The van der Waals surface area contributed by atoms with E-state index in [0.29, 0.717) is 19.6 Å². The fourth-order valence-corrected chi connectivity index (χ4v) is 0.945. The summed E-state index contributed by atoms with van der Waals surface area (Å²) in [5.41, 5.74) is 4.84. The highest BCUT2D eigenvalue weighted by Gasteiger charge is 2.10. The highest BCUT2D eigenvalue weighted by atomic mass is 16.2. The molecule has 0 aromatic heterocycles. The van der Waals surface area contributed by atoms with Gasteiger partial charge in [-0.3, -0.25) is 4.79 Å². The van der Waals surface area contributed by atoms with Crippen LogP contribution in [0.15, 0.2) is 0 Å². The standard InChI is InChI=1S/C8H18N4O2/c1-6(5-10-2)7(13)11-3-4-12-8(9)14/h6,10H,3-5H2,1-2H3,(H,11,13)(H3,9,12,14).